The maximum absolute atomic E-state index is 13.1. The average Bonchev–Trinajstić information content (AvgIpc) is 2.97. The monoisotopic (exact) mass is 285 g/mol. The van der Waals surface area contributed by atoms with Crippen molar-refractivity contribution >= 4 is 5.91 Å². The zero-order valence-corrected chi connectivity index (χ0v) is 10.6. The van der Waals surface area contributed by atoms with Crippen LogP contribution in [0.25, 0.3) is 0 Å². The number of amides is 1. The molecule has 2 aliphatic rings. The van der Waals surface area contributed by atoms with Crippen LogP contribution >= 0.6 is 0 Å². The third kappa shape index (κ3) is 1.98. The Morgan fingerprint density at radius 3 is 2.50 bits per heavy atom. The minimum Gasteiger partial charge on any atom is -0.373 e. The normalized spacial score (nSPS) is 32.5. The van der Waals surface area contributed by atoms with Gasteiger partial charge in [0.25, 0.3) is 0 Å². The van der Waals surface area contributed by atoms with E-state index in [1.54, 1.807) is 6.07 Å². The van der Waals surface area contributed by atoms with Crippen molar-refractivity contribution in [3.05, 3.63) is 35.4 Å². The van der Waals surface area contributed by atoms with Gasteiger partial charge in [-0.2, -0.15) is 13.2 Å². The summed E-state index contributed by atoms with van der Waals surface area (Å²) in [5.74, 6) is -1.85. The second kappa shape index (κ2) is 4.48. The van der Waals surface area contributed by atoms with Gasteiger partial charge in [-0.25, -0.2) is 0 Å². The molecule has 0 aliphatic carbocycles. The second-order valence-corrected chi connectivity index (χ2v) is 5.33. The first kappa shape index (κ1) is 13.4. The molecule has 3 nitrogen and oxygen atoms in total. The van der Waals surface area contributed by atoms with Gasteiger partial charge in [-0.3, -0.25) is 4.79 Å². The summed E-state index contributed by atoms with van der Waals surface area (Å²) < 4.78 is 45.0. The SMILES string of the molecule is NC(=O)C1C2CCC(O2)C1c1ccccc1C(F)(F)F. The number of fused-ring (bicyclic) bond motifs is 2. The number of halogens is 3. The molecule has 6 heteroatoms. The fraction of sp³-hybridized carbons (Fsp3) is 0.500. The van der Waals surface area contributed by atoms with Crippen molar-refractivity contribution in [2.24, 2.45) is 11.7 Å². The molecule has 2 saturated heterocycles. The third-order valence-electron chi connectivity index (χ3n) is 4.23. The molecule has 1 aromatic carbocycles. The van der Waals surface area contributed by atoms with E-state index in [1.807, 2.05) is 0 Å². The Labute approximate surface area is 113 Å². The predicted octanol–water partition coefficient (Wildman–Crippen LogP) is 2.45. The van der Waals surface area contributed by atoms with Crippen molar-refractivity contribution in [1.29, 1.82) is 0 Å². The first-order chi connectivity index (χ1) is 9.39. The topological polar surface area (TPSA) is 52.3 Å². The Balaban J connectivity index is 2.07. The molecule has 2 aliphatic heterocycles. The van der Waals surface area contributed by atoms with E-state index < -0.39 is 29.5 Å². The molecule has 1 amide bonds. The Kier molecular flexibility index (Phi) is 3.01. The summed E-state index contributed by atoms with van der Waals surface area (Å²) in [6, 6.07) is 5.36. The van der Waals surface area contributed by atoms with Gasteiger partial charge in [0, 0.05) is 5.92 Å². The van der Waals surface area contributed by atoms with Gasteiger partial charge >= 0.3 is 6.18 Å². The minimum atomic E-state index is -4.44. The van der Waals surface area contributed by atoms with Crippen molar-refractivity contribution in [2.75, 3.05) is 0 Å². The molecule has 2 N–H and O–H groups in total. The summed E-state index contributed by atoms with van der Waals surface area (Å²) >= 11 is 0. The van der Waals surface area contributed by atoms with Gasteiger partial charge in [0.1, 0.15) is 0 Å². The van der Waals surface area contributed by atoms with Crippen molar-refractivity contribution in [3.63, 3.8) is 0 Å². The van der Waals surface area contributed by atoms with E-state index >= 15 is 0 Å². The number of ether oxygens (including phenoxy) is 1. The molecule has 4 unspecified atom stereocenters. The molecule has 3 rings (SSSR count). The molecule has 0 saturated carbocycles. The summed E-state index contributed by atoms with van der Waals surface area (Å²) in [5, 5.41) is 0. The quantitative estimate of drug-likeness (QED) is 0.907. The molecule has 0 radical (unpaired) electrons. The van der Waals surface area contributed by atoms with Gasteiger partial charge in [0.05, 0.1) is 23.7 Å². The molecule has 1 aromatic rings. The highest BCUT2D eigenvalue weighted by Crippen LogP contribution is 2.51. The van der Waals surface area contributed by atoms with Gasteiger partial charge in [-0.05, 0) is 24.5 Å². The van der Waals surface area contributed by atoms with E-state index in [4.69, 9.17) is 10.5 Å². The Hall–Kier alpha value is -1.56. The van der Waals surface area contributed by atoms with Crippen LogP contribution in [0.5, 0.6) is 0 Å². The van der Waals surface area contributed by atoms with Crippen LogP contribution in [0.15, 0.2) is 24.3 Å². The smallest absolute Gasteiger partial charge is 0.373 e. The molecule has 2 fully saturated rings. The number of nitrogens with two attached hydrogens (primary N) is 1. The number of hydrogen-bond donors (Lipinski definition) is 1. The molecule has 0 spiro atoms. The van der Waals surface area contributed by atoms with E-state index in [0.29, 0.717) is 12.8 Å². The van der Waals surface area contributed by atoms with E-state index in [2.05, 4.69) is 0 Å². The number of carbonyl (C=O) groups excluding carboxylic acids is 1. The Morgan fingerprint density at radius 1 is 1.20 bits per heavy atom. The summed E-state index contributed by atoms with van der Waals surface area (Å²) in [7, 11) is 0. The number of carbonyl (C=O) groups is 1. The average molecular weight is 285 g/mol. The molecule has 2 heterocycles. The van der Waals surface area contributed by atoms with Crippen molar-refractivity contribution in [2.45, 2.75) is 37.1 Å². The summed E-state index contributed by atoms with van der Waals surface area (Å²) in [6.45, 7) is 0. The van der Waals surface area contributed by atoms with Gasteiger partial charge in [0.15, 0.2) is 0 Å². The number of hydrogen-bond acceptors (Lipinski definition) is 2. The van der Waals surface area contributed by atoms with Crippen LogP contribution in [0.3, 0.4) is 0 Å². The fourth-order valence-corrected chi connectivity index (χ4v) is 3.48. The maximum atomic E-state index is 13.1. The lowest BCUT2D eigenvalue weighted by Gasteiger charge is -2.28. The van der Waals surface area contributed by atoms with Gasteiger partial charge in [-0.15, -0.1) is 0 Å². The molecule has 4 atom stereocenters. The third-order valence-corrected chi connectivity index (χ3v) is 4.23. The summed E-state index contributed by atoms with van der Waals surface area (Å²) in [5.41, 5.74) is 4.79. The van der Waals surface area contributed by atoms with Gasteiger partial charge < -0.3 is 10.5 Å². The van der Waals surface area contributed by atoms with Crippen LogP contribution in [0, 0.1) is 5.92 Å². The van der Waals surface area contributed by atoms with Gasteiger partial charge in [0.2, 0.25) is 5.91 Å². The molecular weight excluding hydrogens is 271 g/mol. The molecular formula is C14H14F3NO2. The van der Waals surface area contributed by atoms with E-state index in [1.165, 1.54) is 12.1 Å². The number of rotatable bonds is 2. The van der Waals surface area contributed by atoms with Crippen LogP contribution in [-0.2, 0) is 15.7 Å². The lowest BCUT2D eigenvalue weighted by atomic mass is 9.74. The first-order valence-electron chi connectivity index (χ1n) is 6.50. The first-order valence-corrected chi connectivity index (χ1v) is 6.50. The molecule has 108 valence electrons. The Bertz CT molecular complexity index is 543. The van der Waals surface area contributed by atoms with Crippen molar-refractivity contribution in [3.8, 4) is 0 Å². The molecule has 20 heavy (non-hydrogen) atoms. The zero-order chi connectivity index (χ0) is 14.5. The Morgan fingerprint density at radius 2 is 1.85 bits per heavy atom. The van der Waals surface area contributed by atoms with Crippen LogP contribution in [0.1, 0.15) is 29.9 Å². The molecule has 2 bridgehead atoms. The lowest BCUT2D eigenvalue weighted by molar-refractivity contribution is -0.139. The highest BCUT2D eigenvalue weighted by molar-refractivity contribution is 5.79. The van der Waals surface area contributed by atoms with Crippen molar-refractivity contribution < 1.29 is 22.7 Å². The van der Waals surface area contributed by atoms with Crippen molar-refractivity contribution in [1.82, 2.24) is 0 Å². The van der Waals surface area contributed by atoms with Crippen LogP contribution < -0.4 is 5.73 Å². The number of benzene rings is 1. The minimum absolute atomic E-state index is 0.121. The highest BCUT2D eigenvalue weighted by Gasteiger charge is 2.53. The van der Waals surface area contributed by atoms with Gasteiger partial charge in [-0.1, -0.05) is 18.2 Å². The fourth-order valence-electron chi connectivity index (χ4n) is 3.48. The van der Waals surface area contributed by atoms with E-state index in [0.717, 1.165) is 6.07 Å². The zero-order valence-electron chi connectivity index (χ0n) is 10.6. The highest BCUT2D eigenvalue weighted by atomic mass is 19.4. The van der Waals surface area contributed by atoms with E-state index in [9.17, 15) is 18.0 Å². The number of primary amides is 1. The lowest BCUT2D eigenvalue weighted by Crippen LogP contribution is -2.37. The molecule has 0 aromatic heterocycles. The number of alkyl halides is 3. The van der Waals surface area contributed by atoms with Crippen LogP contribution in [0.4, 0.5) is 13.2 Å². The maximum Gasteiger partial charge on any atom is 0.416 e. The van der Waals surface area contributed by atoms with E-state index in [-0.39, 0.29) is 17.8 Å². The summed E-state index contributed by atoms with van der Waals surface area (Å²) in [4.78, 5) is 11.6. The second-order valence-electron chi connectivity index (χ2n) is 5.33. The predicted molar refractivity (Wildman–Crippen MR) is 64.8 cm³/mol. The summed E-state index contributed by atoms with van der Waals surface area (Å²) in [6.07, 6.45) is -3.78. The van der Waals surface area contributed by atoms with Crippen LogP contribution in [-0.4, -0.2) is 18.1 Å². The standard InChI is InChI=1S/C14H14F3NO2/c15-14(16,17)8-4-2-1-3-7(8)11-9-5-6-10(20-9)12(11)13(18)19/h1-4,9-12H,5-6H2,(H2,18,19). The largest absolute Gasteiger partial charge is 0.416 e. The van der Waals surface area contributed by atoms with Crippen LogP contribution in [0.2, 0.25) is 0 Å².